The van der Waals surface area contributed by atoms with Crippen LogP contribution in [0.25, 0.3) is 132 Å². The summed E-state index contributed by atoms with van der Waals surface area (Å²) < 4.78 is 4.77. The van der Waals surface area contributed by atoms with E-state index >= 15 is 0 Å². The summed E-state index contributed by atoms with van der Waals surface area (Å²) >= 11 is 0. The maximum Gasteiger partial charge on any atom is 0.187 e. The van der Waals surface area contributed by atoms with Crippen LogP contribution in [0.3, 0.4) is 0 Å². The lowest BCUT2D eigenvalue weighted by atomic mass is 9.85. The van der Waals surface area contributed by atoms with E-state index in [1.165, 1.54) is 22.3 Å². The van der Waals surface area contributed by atoms with Gasteiger partial charge in [-0.1, -0.05) is 192 Å². The first-order valence-electron chi connectivity index (χ1n) is 30.8. The Kier molecular flexibility index (Phi) is 14.2. The maximum absolute atomic E-state index is 9.90. The zero-order valence-corrected chi connectivity index (χ0v) is 53.2. The molecule has 0 N–H and O–H groups in total. The van der Waals surface area contributed by atoms with Crippen molar-refractivity contribution in [2.75, 3.05) is 0 Å². The minimum Gasteiger partial charge on any atom is -0.308 e. The van der Waals surface area contributed by atoms with Crippen molar-refractivity contribution in [2.24, 2.45) is 0 Å². The van der Waals surface area contributed by atoms with Crippen molar-refractivity contribution < 1.29 is 0 Å². The van der Waals surface area contributed by atoms with E-state index in [9.17, 15) is 5.26 Å². The van der Waals surface area contributed by atoms with Crippen LogP contribution in [-0.2, 0) is 21.7 Å². The van der Waals surface area contributed by atoms with Gasteiger partial charge in [0.2, 0.25) is 0 Å². The highest BCUT2D eigenvalue weighted by molar-refractivity contribution is 6.12. The number of nitriles is 1. The van der Waals surface area contributed by atoms with Crippen LogP contribution in [0.2, 0.25) is 0 Å². The summed E-state index contributed by atoms with van der Waals surface area (Å²) in [6.45, 7) is 42.9. The van der Waals surface area contributed by atoms with E-state index in [0.29, 0.717) is 34.4 Å². The standard InChI is InChI=1S/C82H70N8/c1-79(2,3)58-29-37-70-66(45-58)67-46-59(80(4,5)6)30-38-71(67)89(70)74-43-55(51-23-21-50(49-83)22-24-51)27-35-64(74)77-86-76(57-19-15-17-53(41-57)54-18-16-20-63(42-54)85-14)87-78(88-77)65-36-28-56(52-25-33-62(84-13)34-26-52)44-75(65)90-72-39-31-60(81(7,8)9)47-68(72)69-48-61(82(10,11)12)32-40-73(69)90/h15-48H,1-12H3. The van der Waals surface area contributed by atoms with Gasteiger partial charge in [-0.25, -0.2) is 24.6 Å². The van der Waals surface area contributed by atoms with Gasteiger partial charge in [-0.15, -0.1) is 0 Å². The van der Waals surface area contributed by atoms with Gasteiger partial charge < -0.3 is 9.13 Å². The Morgan fingerprint density at radius 2 is 0.678 bits per heavy atom. The number of fused-ring (bicyclic) bond motifs is 6. The first-order chi connectivity index (χ1) is 42.9. The first-order valence-corrected chi connectivity index (χ1v) is 30.8. The molecule has 90 heavy (non-hydrogen) atoms. The highest BCUT2D eigenvalue weighted by Crippen LogP contribution is 2.45. The molecule has 0 aliphatic rings. The quantitative estimate of drug-likeness (QED) is 0.142. The lowest BCUT2D eigenvalue weighted by Crippen LogP contribution is -2.10. The van der Waals surface area contributed by atoms with Crippen LogP contribution in [0.4, 0.5) is 11.4 Å². The Balaban J connectivity index is 1.14. The average molecular weight is 1170 g/mol. The van der Waals surface area contributed by atoms with Gasteiger partial charge in [-0.05, 0) is 174 Å². The Morgan fingerprint density at radius 1 is 0.333 bits per heavy atom. The van der Waals surface area contributed by atoms with Crippen LogP contribution >= 0.6 is 0 Å². The SMILES string of the molecule is [C-]#[N+]c1ccc(-c2ccc(-c3nc(-c4cccc(-c5cccc([N+]#[C-])c5)c4)nc(-c4ccc(-c5ccc(C#N)cc5)cc4-n4c5ccc(C(C)(C)C)cc5c5cc(C(C)(C)C)ccc54)n3)c(-n3c4ccc(C(C)(C)C)cc4c4cc(C(C)(C)C)ccc43)c2)cc1. The smallest absolute Gasteiger partial charge is 0.187 e. The van der Waals surface area contributed by atoms with Gasteiger partial charge in [0.15, 0.2) is 28.8 Å². The fourth-order valence-corrected chi connectivity index (χ4v) is 12.4. The monoisotopic (exact) mass is 1170 g/mol. The molecule has 0 radical (unpaired) electrons. The zero-order valence-electron chi connectivity index (χ0n) is 53.2. The molecule has 10 aromatic carbocycles. The van der Waals surface area contributed by atoms with Crippen molar-refractivity contribution in [1.29, 1.82) is 5.26 Å². The van der Waals surface area contributed by atoms with Crippen LogP contribution in [0.15, 0.2) is 206 Å². The van der Waals surface area contributed by atoms with Gasteiger partial charge in [0.05, 0.1) is 58.2 Å². The zero-order chi connectivity index (χ0) is 63.2. The van der Waals surface area contributed by atoms with E-state index in [1.807, 2.05) is 78.9 Å². The van der Waals surface area contributed by atoms with Gasteiger partial charge in [0, 0.05) is 38.2 Å². The number of aromatic nitrogens is 5. The first kappa shape index (κ1) is 58.3. The average Bonchev–Trinajstić information content (AvgIpc) is 1.51. The van der Waals surface area contributed by atoms with Gasteiger partial charge in [0.1, 0.15) is 0 Å². The minimum absolute atomic E-state index is 0.107. The third-order valence-corrected chi connectivity index (χ3v) is 17.7. The predicted molar refractivity (Wildman–Crippen MR) is 373 cm³/mol. The van der Waals surface area contributed by atoms with Gasteiger partial charge in [0.25, 0.3) is 0 Å². The second-order valence-corrected chi connectivity index (χ2v) is 28.0. The fraction of sp³-hybridized carbons (Fsp3) is 0.195. The molecule has 3 heterocycles. The summed E-state index contributed by atoms with van der Waals surface area (Å²) in [5, 5.41) is 14.5. The molecule has 8 heteroatoms. The summed E-state index contributed by atoms with van der Waals surface area (Å²) in [6.07, 6.45) is 0. The number of hydrogen-bond acceptors (Lipinski definition) is 4. The normalized spacial score (nSPS) is 12.2. The minimum atomic E-state index is -0.107. The molecule has 0 atom stereocenters. The number of benzene rings is 10. The summed E-state index contributed by atoms with van der Waals surface area (Å²) in [5.41, 5.74) is 20.3. The molecule has 8 nitrogen and oxygen atoms in total. The third-order valence-electron chi connectivity index (χ3n) is 17.7. The molecule has 0 aliphatic carbocycles. The molecule has 13 rings (SSSR count). The molecule has 438 valence electrons. The second kappa shape index (κ2) is 21.8. The summed E-state index contributed by atoms with van der Waals surface area (Å²) in [5.74, 6) is 1.42. The van der Waals surface area contributed by atoms with Crippen LogP contribution in [0.1, 0.15) is 111 Å². The van der Waals surface area contributed by atoms with E-state index < -0.39 is 0 Å². The van der Waals surface area contributed by atoms with Crippen LogP contribution in [-0.4, -0.2) is 24.1 Å². The molecule has 13 aromatic rings. The molecule has 0 unspecified atom stereocenters. The Morgan fingerprint density at radius 3 is 1.07 bits per heavy atom. The Bertz CT molecular complexity index is 4760. The van der Waals surface area contributed by atoms with Crippen molar-refractivity contribution in [3.63, 3.8) is 0 Å². The maximum atomic E-state index is 9.90. The van der Waals surface area contributed by atoms with E-state index in [0.717, 1.165) is 105 Å². The van der Waals surface area contributed by atoms with Crippen molar-refractivity contribution in [2.45, 2.75) is 105 Å². The van der Waals surface area contributed by atoms with E-state index in [-0.39, 0.29) is 21.7 Å². The van der Waals surface area contributed by atoms with Gasteiger partial charge in [-0.2, -0.15) is 5.26 Å². The van der Waals surface area contributed by atoms with Crippen LogP contribution in [0, 0.1) is 24.5 Å². The molecule has 0 amide bonds. The molecule has 3 aromatic heterocycles. The Labute approximate surface area is 528 Å². The molecule has 0 aliphatic heterocycles. The second-order valence-electron chi connectivity index (χ2n) is 28.0. The number of hydrogen-bond donors (Lipinski definition) is 0. The van der Waals surface area contributed by atoms with E-state index in [1.54, 1.807) is 0 Å². The molecule has 0 fully saturated rings. The van der Waals surface area contributed by atoms with E-state index in [2.05, 4.69) is 235 Å². The van der Waals surface area contributed by atoms with Crippen molar-refractivity contribution in [3.8, 4) is 85.0 Å². The molecular weight excluding hydrogens is 1100 g/mol. The topological polar surface area (TPSA) is 81.0 Å². The third kappa shape index (κ3) is 10.7. The van der Waals surface area contributed by atoms with E-state index in [4.69, 9.17) is 28.1 Å². The van der Waals surface area contributed by atoms with Crippen molar-refractivity contribution in [1.82, 2.24) is 24.1 Å². The molecule has 0 saturated carbocycles. The Hall–Kier alpha value is -10.7. The molecular formula is C82H70N8. The highest BCUT2D eigenvalue weighted by atomic mass is 15.1. The molecule has 0 bridgehead atoms. The summed E-state index contributed by atoms with van der Waals surface area (Å²) in [7, 11) is 0. The summed E-state index contributed by atoms with van der Waals surface area (Å²) in [6, 6.07) is 74.5. The van der Waals surface area contributed by atoms with Crippen molar-refractivity contribution >= 4 is 55.0 Å². The lowest BCUT2D eigenvalue weighted by molar-refractivity contribution is 0.590. The predicted octanol–water partition coefficient (Wildman–Crippen LogP) is 22.2. The molecule has 0 saturated heterocycles. The highest BCUT2D eigenvalue weighted by Gasteiger charge is 2.28. The van der Waals surface area contributed by atoms with Crippen molar-refractivity contribution in [3.05, 3.63) is 257 Å². The van der Waals surface area contributed by atoms with Gasteiger partial charge in [-0.3, -0.25) is 0 Å². The molecule has 0 spiro atoms. The largest absolute Gasteiger partial charge is 0.308 e. The van der Waals surface area contributed by atoms with Crippen LogP contribution in [0.5, 0.6) is 0 Å². The summed E-state index contributed by atoms with van der Waals surface area (Å²) in [4.78, 5) is 24.5. The number of nitrogens with zero attached hydrogens (tertiary/aromatic N) is 8. The number of rotatable bonds is 8. The lowest BCUT2D eigenvalue weighted by Gasteiger charge is -2.20. The fourth-order valence-electron chi connectivity index (χ4n) is 12.4. The van der Waals surface area contributed by atoms with Crippen LogP contribution < -0.4 is 0 Å². The van der Waals surface area contributed by atoms with Gasteiger partial charge >= 0.3 is 0 Å².